The second kappa shape index (κ2) is 5.78. The molecular weight excluding hydrogens is 182 g/mol. The Morgan fingerprint density at radius 3 is 2.93 bits per heavy atom. The van der Waals surface area contributed by atoms with E-state index in [0.29, 0.717) is 18.7 Å². The van der Waals surface area contributed by atoms with Gasteiger partial charge in [-0.2, -0.15) is 0 Å². The maximum atomic E-state index is 10.1. The molecule has 0 radical (unpaired) electrons. The molecule has 0 atom stereocenters. The summed E-state index contributed by atoms with van der Waals surface area (Å²) in [6.45, 7) is 3.39. The van der Waals surface area contributed by atoms with Gasteiger partial charge in [0, 0.05) is 25.3 Å². The average molecular weight is 199 g/mol. The highest BCUT2D eigenvalue weighted by Crippen LogP contribution is 2.22. The van der Waals surface area contributed by atoms with Gasteiger partial charge in [0.15, 0.2) is 0 Å². The Morgan fingerprint density at radius 2 is 2.36 bits per heavy atom. The highest BCUT2D eigenvalue weighted by Gasteiger charge is 2.28. The zero-order valence-corrected chi connectivity index (χ0v) is 8.40. The van der Waals surface area contributed by atoms with Crippen molar-refractivity contribution in [1.82, 2.24) is 5.32 Å². The van der Waals surface area contributed by atoms with Crippen molar-refractivity contribution < 1.29 is 14.6 Å². The molecule has 4 nitrogen and oxygen atoms in total. The van der Waals surface area contributed by atoms with E-state index in [1.54, 1.807) is 6.08 Å². The fourth-order valence-corrected chi connectivity index (χ4v) is 1.50. The lowest BCUT2D eigenvalue weighted by molar-refractivity contribution is -0.131. The summed E-state index contributed by atoms with van der Waals surface area (Å²) in [5, 5.41) is 11.6. The molecular formula is C10H17NO3. The molecule has 0 amide bonds. The van der Waals surface area contributed by atoms with E-state index in [-0.39, 0.29) is 0 Å². The third kappa shape index (κ3) is 3.89. The van der Waals surface area contributed by atoms with Crippen LogP contribution >= 0.6 is 0 Å². The Bertz CT molecular complexity index is 209. The number of carboxylic acids is 1. The van der Waals surface area contributed by atoms with Crippen molar-refractivity contribution in [3.8, 4) is 0 Å². The van der Waals surface area contributed by atoms with Crippen LogP contribution in [0.4, 0.5) is 0 Å². The Labute approximate surface area is 83.9 Å². The zero-order chi connectivity index (χ0) is 10.4. The van der Waals surface area contributed by atoms with Gasteiger partial charge < -0.3 is 15.2 Å². The van der Waals surface area contributed by atoms with Gasteiger partial charge in [0.1, 0.15) is 0 Å². The first-order chi connectivity index (χ1) is 6.72. The van der Waals surface area contributed by atoms with E-state index in [9.17, 15) is 4.79 Å². The van der Waals surface area contributed by atoms with Crippen molar-refractivity contribution in [2.75, 3.05) is 13.2 Å². The monoisotopic (exact) mass is 199 g/mol. The molecule has 1 aliphatic carbocycles. The van der Waals surface area contributed by atoms with Crippen LogP contribution in [0.1, 0.15) is 19.8 Å². The van der Waals surface area contributed by atoms with Gasteiger partial charge in [-0.25, -0.2) is 4.79 Å². The first-order valence-electron chi connectivity index (χ1n) is 4.96. The number of rotatable bonds is 6. The summed E-state index contributed by atoms with van der Waals surface area (Å²) in [4.78, 5) is 10.1. The molecule has 1 fully saturated rings. The number of nitrogens with one attached hydrogen (secondary N) is 1. The number of carboxylic acid groups (broad SMARTS) is 1. The van der Waals surface area contributed by atoms with Crippen molar-refractivity contribution in [2.24, 2.45) is 0 Å². The second-order valence-electron chi connectivity index (χ2n) is 3.39. The van der Waals surface area contributed by atoms with Gasteiger partial charge in [0.2, 0.25) is 0 Å². The smallest absolute Gasteiger partial charge is 0.328 e. The van der Waals surface area contributed by atoms with E-state index in [1.807, 2.05) is 6.92 Å². The van der Waals surface area contributed by atoms with E-state index >= 15 is 0 Å². The van der Waals surface area contributed by atoms with Crippen LogP contribution in [0.25, 0.3) is 0 Å². The van der Waals surface area contributed by atoms with Gasteiger partial charge in [-0.05, 0) is 19.8 Å². The standard InChI is InChI=1S/C10H17NO3/c1-2-14-9-6-8(7-9)11-5-3-4-10(12)13/h3-4,8-9,11H,2,5-7H2,1H3,(H,12,13)/b4-3+. The van der Waals surface area contributed by atoms with Crippen LogP contribution in [0.5, 0.6) is 0 Å². The van der Waals surface area contributed by atoms with Gasteiger partial charge in [0.25, 0.3) is 0 Å². The van der Waals surface area contributed by atoms with Gasteiger partial charge in [0.05, 0.1) is 6.10 Å². The molecule has 0 bridgehead atoms. The maximum Gasteiger partial charge on any atom is 0.328 e. The van der Waals surface area contributed by atoms with Gasteiger partial charge in [-0.15, -0.1) is 0 Å². The number of hydrogen-bond donors (Lipinski definition) is 2. The molecule has 0 aliphatic heterocycles. The lowest BCUT2D eigenvalue weighted by Gasteiger charge is -2.35. The maximum absolute atomic E-state index is 10.1. The van der Waals surface area contributed by atoms with E-state index in [0.717, 1.165) is 25.5 Å². The first-order valence-corrected chi connectivity index (χ1v) is 4.96. The second-order valence-corrected chi connectivity index (χ2v) is 3.39. The molecule has 1 aliphatic rings. The number of hydrogen-bond acceptors (Lipinski definition) is 3. The minimum atomic E-state index is -0.896. The largest absolute Gasteiger partial charge is 0.478 e. The summed E-state index contributed by atoms with van der Waals surface area (Å²) in [6.07, 6.45) is 5.26. The fourth-order valence-electron chi connectivity index (χ4n) is 1.50. The lowest BCUT2D eigenvalue weighted by atomic mass is 9.89. The average Bonchev–Trinajstić information content (AvgIpc) is 2.06. The van der Waals surface area contributed by atoms with Crippen molar-refractivity contribution in [3.05, 3.63) is 12.2 Å². The third-order valence-electron chi connectivity index (χ3n) is 2.28. The molecule has 0 aromatic rings. The van der Waals surface area contributed by atoms with E-state index in [2.05, 4.69) is 5.32 Å². The summed E-state index contributed by atoms with van der Waals surface area (Å²) in [5.74, 6) is -0.896. The molecule has 14 heavy (non-hydrogen) atoms. The fraction of sp³-hybridized carbons (Fsp3) is 0.700. The molecule has 0 aromatic heterocycles. The van der Waals surface area contributed by atoms with E-state index in [4.69, 9.17) is 9.84 Å². The Morgan fingerprint density at radius 1 is 1.64 bits per heavy atom. The zero-order valence-electron chi connectivity index (χ0n) is 8.40. The molecule has 0 spiro atoms. The highest BCUT2D eigenvalue weighted by molar-refractivity contribution is 5.79. The van der Waals surface area contributed by atoms with Crippen molar-refractivity contribution in [1.29, 1.82) is 0 Å². The Hall–Kier alpha value is -0.870. The number of aliphatic carboxylic acids is 1. The molecule has 4 heteroatoms. The Balaban J connectivity index is 1.98. The van der Waals surface area contributed by atoms with Crippen molar-refractivity contribution >= 4 is 5.97 Å². The van der Waals surface area contributed by atoms with Crippen molar-refractivity contribution in [3.63, 3.8) is 0 Å². The molecule has 2 N–H and O–H groups in total. The van der Waals surface area contributed by atoms with Crippen LogP contribution in [0.15, 0.2) is 12.2 Å². The number of ether oxygens (including phenoxy) is 1. The molecule has 1 rings (SSSR count). The van der Waals surface area contributed by atoms with Crippen LogP contribution in [0, 0.1) is 0 Å². The van der Waals surface area contributed by atoms with Crippen LogP contribution in [0.3, 0.4) is 0 Å². The van der Waals surface area contributed by atoms with Gasteiger partial charge >= 0.3 is 5.97 Å². The summed E-state index contributed by atoms with van der Waals surface area (Å²) in [5.41, 5.74) is 0. The van der Waals surface area contributed by atoms with Gasteiger partial charge in [-0.3, -0.25) is 0 Å². The summed E-state index contributed by atoms with van der Waals surface area (Å²) >= 11 is 0. The molecule has 80 valence electrons. The third-order valence-corrected chi connectivity index (χ3v) is 2.28. The summed E-state index contributed by atoms with van der Waals surface area (Å²) in [7, 11) is 0. The summed E-state index contributed by atoms with van der Waals surface area (Å²) < 4.78 is 5.40. The molecule has 0 unspecified atom stereocenters. The van der Waals surface area contributed by atoms with Crippen LogP contribution in [0.2, 0.25) is 0 Å². The lowest BCUT2D eigenvalue weighted by Crippen LogP contribution is -2.45. The van der Waals surface area contributed by atoms with Crippen LogP contribution < -0.4 is 5.32 Å². The van der Waals surface area contributed by atoms with Crippen LogP contribution in [-0.2, 0) is 9.53 Å². The predicted molar refractivity (Wildman–Crippen MR) is 53.2 cm³/mol. The summed E-state index contributed by atoms with van der Waals surface area (Å²) in [6, 6.07) is 0.491. The molecule has 0 saturated heterocycles. The quantitative estimate of drug-likeness (QED) is 0.621. The Kier molecular flexibility index (Phi) is 4.62. The van der Waals surface area contributed by atoms with E-state index < -0.39 is 5.97 Å². The van der Waals surface area contributed by atoms with Gasteiger partial charge in [-0.1, -0.05) is 6.08 Å². The minimum Gasteiger partial charge on any atom is -0.478 e. The highest BCUT2D eigenvalue weighted by atomic mass is 16.5. The van der Waals surface area contributed by atoms with Crippen LogP contribution in [-0.4, -0.2) is 36.4 Å². The molecule has 1 saturated carbocycles. The normalized spacial score (nSPS) is 26.4. The molecule has 0 aromatic carbocycles. The first kappa shape index (κ1) is 11.2. The SMILES string of the molecule is CCOC1CC(NC/C=C/C(=O)O)C1. The van der Waals surface area contributed by atoms with Crippen molar-refractivity contribution in [2.45, 2.75) is 31.9 Å². The predicted octanol–water partition coefficient (Wildman–Crippen LogP) is 0.784. The molecule has 0 heterocycles. The van der Waals surface area contributed by atoms with E-state index in [1.165, 1.54) is 0 Å². The number of carbonyl (C=O) groups is 1. The topological polar surface area (TPSA) is 58.6 Å². The minimum absolute atomic E-state index is 0.404.